The molecule has 0 saturated carbocycles. The summed E-state index contributed by atoms with van der Waals surface area (Å²) in [5.74, 6) is -0.663. The molecule has 0 bridgehead atoms. The van der Waals surface area contributed by atoms with E-state index in [2.05, 4.69) is 30.9 Å². The Morgan fingerprint density at radius 1 is 1.35 bits per heavy atom. The molecule has 7 heteroatoms. The molecule has 3 rings (SSSR count). The van der Waals surface area contributed by atoms with Gasteiger partial charge in [-0.15, -0.1) is 0 Å². The van der Waals surface area contributed by atoms with Gasteiger partial charge in [0.1, 0.15) is 21.6 Å². The van der Waals surface area contributed by atoms with Gasteiger partial charge in [0.15, 0.2) is 0 Å². The van der Waals surface area contributed by atoms with E-state index < -0.39 is 5.97 Å². The Labute approximate surface area is 121 Å². The molecule has 0 aliphatic carbocycles. The number of H-pyrrole nitrogens is 1. The van der Waals surface area contributed by atoms with Crippen LogP contribution in [0.25, 0.3) is 11.0 Å². The highest BCUT2D eigenvalue weighted by Gasteiger charge is 2.14. The molecule has 20 heavy (non-hydrogen) atoms. The number of hydrogen-bond acceptors (Lipinski definition) is 4. The maximum Gasteiger partial charge on any atom is 0.341 e. The van der Waals surface area contributed by atoms with Gasteiger partial charge in [-0.05, 0) is 40.2 Å². The number of aromatic amines is 1. The molecule has 6 nitrogen and oxygen atoms in total. The number of halogens is 1. The number of carboxylic acids is 1. The lowest BCUT2D eigenvalue weighted by Crippen LogP contribution is -2.02. The summed E-state index contributed by atoms with van der Waals surface area (Å²) in [5, 5.41) is 9.99. The Morgan fingerprint density at radius 3 is 3.00 bits per heavy atom. The molecule has 3 aromatic rings. The summed E-state index contributed by atoms with van der Waals surface area (Å²) in [6, 6.07) is 6.58. The van der Waals surface area contributed by atoms with Gasteiger partial charge in [0.05, 0.1) is 6.20 Å². The summed E-state index contributed by atoms with van der Waals surface area (Å²) < 4.78 is 6.02. The predicted molar refractivity (Wildman–Crippen MR) is 75.1 cm³/mol. The SMILES string of the molecule is O=C(O)c1ccc(Br)nc1Oc1cnc2[nH]ccc2c1. The summed E-state index contributed by atoms with van der Waals surface area (Å²) in [6.45, 7) is 0. The Balaban J connectivity index is 2.01. The molecule has 0 saturated heterocycles. The first-order chi connectivity index (χ1) is 9.63. The molecule has 100 valence electrons. The number of aromatic nitrogens is 3. The molecule has 0 aromatic carbocycles. The lowest BCUT2D eigenvalue weighted by Gasteiger charge is -2.07. The number of pyridine rings is 2. The van der Waals surface area contributed by atoms with Crippen molar-refractivity contribution >= 4 is 32.9 Å². The minimum Gasteiger partial charge on any atom is -0.477 e. The second-order valence-corrected chi connectivity index (χ2v) is 4.79. The molecule has 3 heterocycles. The van der Waals surface area contributed by atoms with Crippen LogP contribution in [0.2, 0.25) is 0 Å². The van der Waals surface area contributed by atoms with Crippen molar-refractivity contribution in [3.8, 4) is 11.6 Å². The van der Waals surface area contributed by atoms with Crippen molar-refractivity contribution in [2.24, 2.45) is 0 Å². The molecule has 0 radical (unpaired) electrons. The number of rotatable bonds is 3. The highest BCUT2D eigenvalue weighted by atomic mass is 79.9. The zero-order valence-corrected chi connectivity index (χ0v) is 11.6. The molecule has 0 unspecified atom stereocenters. The molecule has 3 aromatic heterocycles. The Hall–Kier alpha value is -2.41. The van der Waals surface area contributed by atoms with Crippen molar-refractivity contribution in [2.75, 3.05) is 0 Å². The minimum absolute atomic E-state index is 0.0117. The zero-order valence-electron chi connectivity index (χ0n) is 10.0. The highest BCUT2D eigenvalue weighted by Crippen LogP contribution is 2.26. The second kappa shape index (κ2) is 4.93. The van der Waals surface area contributed by atoms with E-state index in [-0.39, 0.29) is 11.4 Å². The van der Waals surface area contributed by atoms with Crippen LogP contribution in [0.15, 0.2) is 41.3 Å². The van der Waals surface area contributed by atoms with E-state index >= 15 is 0 Å². The van der Waals surface area contributed by atoms with Crippen LogP contribution in [0.3, 0.4) is 0 Å². The summed E-state index contributed by atoms with van der Waals surface area (Å²) in [6.07, 6.45) is 3.27. The average Bonchev–Trinajstić information content (AvgIpc) is 2.85. The van der Waals surface area contributed by atoms with E-state index in [4.69, 9.17) is 9.84 Å². The first-order valence-electron chi connectivity index (χ1n) is 5.64. The van der Waals surface area contributed by atoms with Crippen molar-refractivity contribution in [3.05, 3.63) is 46.8 Å². The quantitative estimate of drug-likeness (QED) is 0.718. The molecule has 0 aliphatic heterocycles. The van der Waals surface area contributed by atoms with Crippen LogP contribution >= 0.6 is 15.9 Å². The van der Waals surface area contributed by atoms with E-state index in [0.29, 0.717) is 10.4 Å². The smallest absolute Gasteiger partial charge is 0.341 e. The van der Waals surface area contributed by atoms with E-state index in [1.54, 1.807) is 18.3 Å². The maximum absolute atomic E-state index is 11.1. The van der Waals surface area contributed by atoms with Crippen LogP contribution in [0, 0.1) is 0 Å². The van der Waals surface area contributed by atoms with Crippen LogP contribution < -0.4 is 4.74 Å². The fraction of sp³-hybridized carbons (Fsp3) is 0. The number of nitrogens with one attached hydrogen (secondary N) is 1. The van der Waals surface area contributed by atoms with Crippen LogP contribution in [0.1, 0.15) is 10.4 Å². The summed E-state index contributed by atoms with van der Waals surface area (Å²) in [7, 11) is 0. The Bertz CT molecular complexity index is 800. The third-order valence-corrected chi connectivity index (χ3v) is 3.09. The lowest BCUT2D eigenvalue weighted by molar-refractivity contribution is 0.0693. The van der Waals surface area contributed by atoms with Gasteiger partial charge in [-0.2, -0.15) is 0 Å². The number of aromatic carboxylic acids is 1. The summed E-state index contributed by atoms with van der Waals surface area (Å²) >= 11 is 3.19. The molecule has 0 atom stereocenters. The van der Waals surface area contributed by atoms with Crippen LogP contribution in [0.4, 0.5) is 0 Å². The number of carbonyl (C=O) groups is 1. The van der Waals surface area contributed by atoms with Crippen LogP contribution in [-0.2, 0) is 0 Å². The topological polar surface area (TPSA) is 88.1 Å². The summed E-state index contributed by atoms with van der Waals surface area (Å²) in [5.41, 5.74) is 0.723. The van der Waals surface area contributed by atoms with Gasteiger partial charge < -0.3 is 14.8 Å². The van der Waals surface area contributed by atoms with Gasteiger partial charge in [0, 0.05) is 11.6 Å². The average molecular weight is 334 g/mol. The van der Waals surface area contributed by atoms with Crippen molar-refractivity contribution in [2.45, 2.75) is 0 Å². The first-order valence-corrected chi connectivity index (χ1v) is 6.43. The Kier molecular flexibility index (Phi) is 3.11. The Morgan fingerprint density at radius 2 is 2.20 bits per heavy atom. The number of ether oxygens (including phenoxy) is 1. The molecular weight excluding hydrogens is 326 g/mol. The standard InChI is InChI=1S/C13H8BrN3O3/c14-10-2-1-9(13(18)19)12(17-10)20-8-5-7-3-4-15-11(7)16-6-8/h1-6H,(H,15,16)(H,18,19). The van der Waals surface area contributed by atoms with E-state index in [1.807, 2.05) is 6.07 Å². The molecule has 0 fully saturated rings. The van der Waals surface area contributed by atoms with E-state index in [9.17, 15) is 4.79 Å². The third-order valence-electron chi connectivity index (χ3n) is 2.65. The van der Waals surface area contributed by atoms with Gasteiger partial charge in [-0.25, -0.2) is 14.8 Å². The number of fused-ring (bicyclic) bond motifs is 1. The maximum atomic E-state index is 11.1. The number of hydrogen-bond donors (Lipinski definition) is 2. The van der Waals surface area contributed by atoms with Crippen LogP contribution in [-0.4, -0.2) is 26.0 Å². The van der Waals surface area contributed by atoms with Crippen molar-refractivity contribution in [3.63, 3.8) is 0 Å². The molecular formula is C13H8BrN3O3. The minimum atomic E-state index is -1.10. The molecule has 2 N–H and O–H groups in total. The summed E-state index contributed by atoms with van der Waals surface area (Å²) in [4.78, 5) is 22.3. The molecule has 0 aliphatic rings. The second-order valence-electron chi connectivity index (χ2n) is 3.98. The molecule has 0 amide bonds. The van der Waals surface area contributed by atoms with Crippen molar-refractivity contribution in [1.82, 2.24) is 15.0 Å². The van der Waals surface area contributed by atoms with Gasteiger partial charge in [0.25, 0.3) is 0 Å². The molecule has 0 spiro atoms. The van der Waals surface area contributed by atoms with E-state index in [0.717, 1.165) is 11.0 Å². The van der Waals surface area contributed by atoms with Gasteiger partial charge in [0.2, 0.25) is 5.88 Å². The van der Waals surface area contributed by atoms with E-state index in [1.165, 1.54) is 12.3 Å². The van der Waals surface area contributed by atoms with Crippen molar-refractivity contribution < 1.29 is 14.6 Å². The van der Waals surface area contributed by atoms with Crippen LogP contribution in [0.5, 0.6) is 11.6 Å². The normalized spacial score (nSPS) is 10.7. The zero-order chi connectivity index (χ0) is 14.1. The fourth-order valence-electron chi connectivity index (χ4n) is 1.75. The highest BCUT2D eigenvalue weighted by molar-refractivity contribution is 9.10. The predicted octanol–water partition coefficient (Wildman–Crippen LogP) is 3.21. The lowest BCUT2D eigenvalue weighted by atomic mass is 10.3. The van der Waals surface area contributed by atoms with Crippen molar-refractivity contribution in [1.29, 1.82) is 0 Å². The number of nitrogens with zero attached hydrogens (tertiary/aromatic N) is 2. The largest absolute Gasteiger partial charge is 0.477 e. The fourth-order valence-corrected chi connectivity index (χ4v) is 2.04. The number of carboxylic acid groups (broad SMARTS) is 1. The third kappa shape index (κ3) is 2.35. The van der Waals surface area contributed by atoms with Gasteiger partial charge in [-0.1, -0.05) is 0 Å². The van der Waals surface area contributed by atoms with Gasteiger partial charge in [-0.3, -0.25) is 0 Å². The first kappa shape index (κ1) is 12.6. The van der Waals surface area contributed by atoms with Gasteiger partial charge >= 0.3 is 5.97 Å². The monoisotopic (exact) mass is 333 g/mol.